The molecule has 1 aliphatic carbocycles. The quantitative estimate of drug-likeness (QED) is 0.775. The van der Waals surface area contributed by atoms with Crippen LogP contribution < -0.4 is 4.74 Å². The molecular formula is C21H28FN3O2. The number of Topliss-reactive ketones (excluding diaryl/α,β-unsaturated/α-hetero) is 1. The van der Waals surface area contributed by atoms with Gasteiger partial charge in [-0.1, -0.05) is 13.8 Å². The smallest absolute Gasteiger partial charge is 0.213 e. The lowest BCUT2D eigenvalue weighted by atomic mass is 9.78. The Morgan fingerprint density at radius 1 is 1.33 bits per heavy atom. The molecule has 2 aromatic rings. The number of ketones is 1. The van der Waals surface area contributed by atoms with Gasteiger partial charge < -0.3 is 9.30 Å². The van der Waals surface area contributed by atoms with Crippen molar-refractivity contribution < 1.29 is 13.9 Å². The number of imidazole rings is 1. The molecule has 0 radical (unpaired) electrons. The minimum Gasteiger partial charge on any atom is -0.481 e. The van der Waals surface area contributed by atoms with Gasteiger partial charge in [0.25, 0.3) is 0 Å². The van der Waals surface area contributed by atoms with E-state index < -0.39 is 5.67 Å². The minimum atomic E-state index is -1.12. The minimum absolute atomic E-state index is 0.0505. The predicted molar refractivity (Wildman–Crippen MR) is 103 cm³/mol. The normalized spacial score (nSPS) is 25.8. The van der Waals surface area contributed by atoms with Crippen molar-refractivity contribution in [3.05, 3.63) is 30.4 Å². The Kier molecular flexibility index (Phi) is 5.63. The zero-order chi connectivity index (χ0) is 19.6. The first-order valence-corrected chi connectivity index (χ1v) is 9.77. The molecule has 0 bridgehead atoms. The van der Waals surface area contributed by atoms with Crippen molar-refractivity contribution in [2.75, 3.05) is 7.11 Å². The molecule has 27 heavy (non-hydrogen) atoms. The molecule has 0 amide bonds. The van der Waals surface area contributed by atoms with Crippen LogP contribution in [0, 0.1) is 5.92 Å². The third-order valence-electron chi connectivity index (χ3n) is 5.58. The molecule has 3 heterocycles. The highest BCUT2D eigenvalue weighted by atomic mass is 19.1. The first kappa shape index (κ1) is 19.5. The number of pyridine rings is 1. The largest absolute Gasteiger partial charge is 0.481 e. The van der Waals surface area contributed by atoms with Crippen LogP contribution in [-0.2, 0) is 4.79 Å². The second kappa shape index (κ2) is 7.79. The van der Waals surface area contributed by atoms with Crippen LogP contribution in [0.3, 0.4) is 0 Å². The number of hydrogen-bond donors (Lipinski definition) is 0. The van der Waals surface area contributed by atoms with Crippen LogP contribution in [0.5, 0.6) is 5.88 Å². The van der Waals surface area contributed by atoms with Gasteiger partial charge in [0.1, 0.15) is 11.5 Å². The van der Waals surface area contributed by atoms with E-state index >= 15 is 0 Å². The van der Waals surface area contributed by atoms with E-state index in [1.165, 1.54) is 0 Å². The first-order valence-electron chi connectivity index (χ1n) is 9.77. The lowest BCUT2D eigenvalue weighted by molar-refractivity contribution is -0.125. The summed E-state index contributed by atoms with van der Waals surface area (Å²) in [6, 6.07) is 3.63. The summed E-state index contributed by atoms with van der Waals surface area (Å²) in [5, 5.41) is 0. The van der Waals surface area contributed by atoms with Crippen LogP contribution in [0.15, 0.2) is 24.7 Å². The molecule has 5 nitrogen and oxygen atoms in total. The number of nitrogens with zero attached hydrogens (tertiary/aromatic N) is 3. The summed E-state index contributed by atoms with van der Waals surface area (Å²) in [5.41, 5.74) is 1.71. The lowest BCUT2D eigenvalue weighted by Gasteiger charge is -2.30. The highest BCUT2D eigenvalue weighted by Crippen LogP contribution is 2.42. The van der Waals surface area contributed by atoms with Gasteiger partial charge in [-0.3, -0.25) is 4.79 Å². The number of carbonyl (C=O) groups is 1. The average Bonchev–Trinajstić information content (AvgIpc) is 3.25. The third-order valence-corrected chi connectivity index (χ3v) is 5.58. The molecule has 0 saturated heterocycles. The zero-order valence-corrected chi connectivity index (χ0v) is 16.5. The third kappa shape index (κ3) is 3.75. The summed E-state index contributed by atoms with van der Waals surface area (Å²) < 4.78 is 21.3. The van der Waals surface area contributed by atoms with Crippen LogP contribution in [0.1, 0.15) is 64.6 Å². The van der Waals surface area contributed by atoms with Gasteiger partial charge in [-0.05, 0) is 38.7 Å². The van der Waals surface area contributed by atoms with Crippen molar-refractivity contribution in [2.45, 2.75) is 64.6 Å². The van der Waals surface area contributed by atoms with E-state index in [4.69, 9.17) is 4.74 Å². The van der Waals surface area contributed by atoms with E-state index in [2.05, 4.69) is 9.97 Å². The Hall–Kier alpha value is -2.24. The lowest BCUT2D eigenvalue weighted by Crippen LogP contribution is -2.30. The van der Waals surface area contributed by atoms with Crippen molar-refractivity contribution in [2.24, 2.45) is 5.92 Å². The van der Waals surface area contributed by atoms with Gasteiger partial charge in [0.2, 0.25) is 5.88 Å². The van der Waals surface area contributed by atoms with E-state index in [9.17, 15) is 9.18 Å². The van der Waals surface area contributed by atoms with Crippen LogP contribution in [0.25, 0.3) is 11.3 Å². The van der Waals surface area contributed by atoms with Crippen molar-refractivity contribution >= 4 is 5.78 Å². The maximum atomic E-state index is 14.0. The number of rotatable bonds is 4. The second-order valence-electron chi connectivity index (χ2n) is 7.35. The van der Waals surface area contributed by atoms with Crippen molar-refractivity contribution in [1.82, 2.24) is 14.5 Å². The summed E-state index contributed by atoms with van der Waals surface area (Å²) >= 11 is 0. The fourth-order valence-electron chi connectivity index (χ4n) is 4.03. The maximum Gasteiger partial charge on any atom is 0.213 e. The van der Waals surface area contributed by atoms with Gasteiger partial charge in [-0.25, -0.2) is 14.4 Å². The Bertz CT molecular complexity index is 806. The van der Waals surface area contributed by atoms with Crippen molar-refractivity contribution in [3.63, 3.8) is 0 Å². The van der Waals surface area contributed by atoms with Gasteiger partial charge >= 0.3 is 0 Å². The van der Waals surface area contributed by atoms with Crippen LogP contribution in [0.4, 0.5) is 4.39 Å². The monoisotopic (exact) mass is 373 g/mol. The fourth-order valence-corrected chi connectivity index (χ4v) is 4.03. The summed E-state index contributed by atoms with van der Waals surface area (Å²) in [6.07, 6.45) is 6.11. The molecule has 1 fully saturated rings. The molecule has 2 aromatic heterocycles. The number of hydrogen-bond acceptors (Lipinski definition) is 4. The highest BCUT2D eigenvalue weighted by molar-refractivity contribution is 5.83. The number of carbonyl (C=O) groups excluding carboxylic acids is 1. The number of halogens is 1. The molecule has 146 valence electrons. The van der Waals surface area contributed by atoms with E-state index in [1.807, 2.05) is 30.5 Å². The van der Waals surface area contributed by atoms with Gasteiger partial charge in [-0.15, -0.1) is 0 Å². The molecular weight excluding hydrogens is 345 g/mol. The van der Waals surface area contributed by atoms with Gasteiger partial charge in [-0.2, -0.15) is 0 Å². The number of aromatic nitrogens is 3. The Balaban J connectivity index is 0.00000102. The van der Waals surface area contributed by atoms with Gasteiger partial charge in [0.05, 0.1) is 37.1 Å². The molecule has 1 saturated carbocycles. The Morgan fingerprint density at radius 3 is 2.70 bits per heavy atom. The van der Waals surface area contributed by atoms with Crippen molar-refractivity contribution in [3.8, 4) is 17.1 Å². The van der Waals surface area contributed by atoms with E-state index in [0.717, 1.165) is 17.0 Å². The average molecular weight is 373 g/mol. The van der Waals surface area contributed by atoms with Crippen LogP contribution in [-0.4, -0.2) is 33.1 Å². The van der Waals surface area contributed by atoms with Crippen LogP contribution in [0.2, 0.25) is 0 Å². The summed E-state index contributed by atoms with van der Waals surface area (Å²) in [7, 11) is 1.58. The van der Waals surface area contributed by atoms with E-state index in [1.54, 1.807) is 26.6 Å². The summed E-state index contributed by atoms with van der Waals surface area (Å²) in [6.45, 7) is 5.63. The fraction of sp³-hybridized carbons (Fsp3) is 0.571. The number of ether oxygens (including phenoxy) is 1. The second-order valence-corrected chi connectivity index (χ2v) is 7.35. The van der Waals surface area contributed by atoms with Gasteiger partial charge in [0.15, 0.2) is 0 Å². The highest BCUT2D eigenvalue weighted by Gasteiger charge is 2.37. The molecule has 1 unspecified atom stereocenters. The number of methoxy groups -OCH3 is 1. The molecule has 0 aromatic carbocycles. The van der Waals surface area contributed by atoms with Crippen LogP contribution >= 0.6 is 0 Å². The Labute approximate surface area is 160 Å². The molecule has 4 rings (SSSR count). The Morgan fingerprint density at radius 2 is 2.04 bits per heavy atom. The predicted octanol–water partition coefficient (Wildman–Crippen LogP) is 4.76. The summed E-state index contributed by atoms with van der Waals surface area (Å²) in [5.74, 6) is 0.684. The number of fused-ring (bicyclic) bond motifs is 3. The number of alkyl halides is 1. The molecule has 1 atom stereocenters. The van der Waals surface area contributed by atoms with E-state index in [0.29, 0.717) is 38.0 Å². The maximum absolute atomic E-state index is 14.0. The molecule has 1 aliphatic heterocycles. The topological polar surface area (TPSA) is 57.0 Å². The first-order chi connectivity index (χ1) is 13.0. The summed E-state index contributed by atoms with van der Waals surface area (Å²) in [4.78, 5) is 21.6. The SMILES string of the molecule is CC.COc1ccc2c(n1)C(CC(=O)C1CCC(C)(F)CC1)n1cncc1-2. The molecule has 2 aliphatic rings. The standard InChI is InChI=1S/C19H22FN3O2.C2H6/c1-19(20)7-5-12(6-8-19)16(24)9-14-18-13(3-4-17(22-18)25-2)15-10-21-11-23(14)15;1-2/h3-4,10-12,14H,5-9H2,1-2H3;1-2H3. The van der Waals surface area contributed by atoms with E-state index in [-0.39, 0.29) is 17.7 Å². The van der Waals surface area contributed by atoms with Crippen molar-refractivity contribution in [1.29, 1.82) is 0 Å². The molecule has 0 N–H and O–H groups in total. The van der Waals surface area contributed by atoms with Gasteiger partial charge in [0, 0.05) is 24.0 Å². The zero-order valence-electron chi connectivity index (χ0n) is 16.5. The molecule has 6 heteroatoms. The molecule has 0 spiro atoms.